The van der Waals surface area contributed by atoms with E-state index in [0.717, 1.165) is 6.08 Å². The molecule has 1 N–H and O–H groups in total. The molecule has 0 radical (unpaired) electrons. The molecule has 5 heteroatoms. The minimum atomic E-state index is -1.13. The lowest BCUT2D eigenvalue weighted by molar-refractivity contribution is -0.131. The Morgan fingerprint density at radius 1 is 1.36 bits per heavy atom. The predicted octanol–water partition coefficient (Wildman–Crippen LogP) is 3.66. The Morgan fingerprint density at radius 2 is 2.00 bits per heavy atom. The second kappa shape index (κ2) is 4.69. The lowest BCUT2D eigenvalue weighted by Gasteiger charge is -2.02. The first-order chi connectivity index (χ1) is 6.52. The standard InChI is InChI=1S/C9H5Cl3O2/c10-6-3-1-2-5(9(6)12)7(11)4-8(13)14/h1-4H,(H,13,14)/b7-4+. The summed E-state index contributed by atoms with van der Waals surface area (Å²) in [6.45, 7) is 0. The molecule has 0 heterocycles. The maximum Gasteiger partial charge on any atom is 0.329 e. The van der Waals surface area contributed by atoms with Gasteiger partial charge in [0.15, 0.2) is 0 Å². The Balaban J connectivity index is 3.20. The average Bonchev–Trinajstić information content (AvgIpc) is 2.08. The highest BCUT2D eigenvalue weighted by Crippen LogP contribution is 2.32. The SMILES string of the molecule is O=C(O)/C=C(/Cl)c1cccc(Cl)c1Cl. The third-order valence-corrected chi connectivity index (χ3v) is 2.59. The zero-order valence-corrected chi connectivity index (χ0v) is 9.07. The predicted molar refractivity (Wildman–Crippen MR) is 57.9 cm³/mol. The van der Waals surface area contributed by atoms with Gasteiger partial charge in [-0.3, -0.25) is 0 Å². The molecule has 0 aromatic heterocycles. The third-order valence-electron chi connectivity index (χ3n) is 1.46. The van der Waals surface area contributed by atoms with Gasteiger partial charge in [-0.05, 0) is 6.07 Å². The number of halogens is 3. The molecule has 0 aliphatic rings. The molecule has 0 aliphatic heterocycles. The lowest BCUT2D eigenvalue weighted by Crippen LogP contribution is -1.89. The van der Waals surface area contributed by atoms with E-state index in [9.17, 15) is 4.79 Å². The van der Waals surface area contributed by atoms with Gasteiger partial charge >= 0.3 is 5.97 Å². The molecule has 1 aromatic rings. The topological polar surface area (TPSA) is 37.3 Å². The third kappa shape index (κ3) is 2.64. The summed E-state index contributed by atoms with van der Waals surface area (Å²) in [5.74, 6) is -1.13. The molecule has 0 atom stereocenters. The number of hydrogen-bond acceptors (Lipinski definition) is 1. The van der Waals surface area contributed by atoms with Crippen molar-refractivity contribution < 1.29 is 9.90 Å². The first kappa shape index (κ1) is 11.4. The Hall–Kier alpha value is -0.700. The summed E-state index contributed by atoms with van der Waals surface area (Å²) in [4.78, 5) is 10.3. The lowest BCUT2D eigenvalue weighted by atomic mass is 10.2. The zero-order chi connectivity index (χ0) is 10.7. The fourth-order valence-corrected chi connectivity index (χ4v) is 1.58. The molecule has 1 aromatic carbocycles. The van der Waals surface area contributed by atoms with Crippen LogP contribution < -0.4 is 0 Å². The molecule has 74 valence electrons. The van der Waals surface area contributed by atoms with Crippen molar-refractivity contribution >= 4 is 45.8 Å². The molecule has 0 spiro atoms. The summed E-state index contributed by atoms with van der Waals surface area (Å²) < 4.78 is 0. The summed E-state index contributed by atoms with van der Waals surface area (Å²) in [5.41, 5.74) is 0.406. The molecule has 0 saturated heterocycles. The molecular weight excluding hydrogens is 246 g/mol. The van der Waals surface area contributed by atoms with E-state index >= 15 is 0 Å². The minimum Gasteiger partial charge on any atom is -0.478 e. The average molecular weight is 251 g/mol. The van der Waals surface area contributed by atoms with Crippen molar-refractivity contribution in [3.8, 4) is 0 Å². The number of carbonyl (C=O) groups is 1. The van der Waals surface area contributed by atoms with Gasteiger partial charge in [0.25, 0.3) is 0 Å². The zero-order valence-electron chi connectivity index (χ0n) is 6.80. The van der Waals surface area contributed by atoms with Gasteiger partial charge in [0, 0.05) is 11.6 Å². The largest absolute Gasteiger partial charge is 0.478 e. The first-order valence-corrected chi connectivity index (χ1v) is 4.70. The Bertz CT molecular complexity index is 399. The van der Waals surface area contributed by atoms with E-state index in [0.29, 0.717) is 10.6 Å². The highest BCUT2D eigenvalue weighted by Gasteiger charge is 2.08. The molecule has 0 saturated carbocycles. The van der Waals surface area contributed by atoms with Crippen LogP contribution in [0.1, 0.15) is 5.56 Å². The summed E-state index contributed by atoms with van der Waals surface area (Å²) in [6.07, 6.45) is 0.860. The highest BCUT2D eigenvalue weighted by molar-refractivity contribution is 6.53. The number of rotatable bonds is 2. The van der Waals surface area contributed by atoms with E-state index in [1.165, 1.54) is 0 Å². The van der Waals surface area contributed by atoms with Gasteiger partial charge in [-0.2, -0.15) is 0 Å². The van der Waals surface area contributed by atoms with Crippen molar-refractivity contribution in [2.45, 2.75) is 0 Å². The van der Waals surface area contributed by atoms with Gasteiger partial charge in [0.1, 0.15) is 0 Å². The molecule has 2 nitrogen and oxygen atoms in total. The Labute approximate surface area is 95.7 Å². The maximum absolute atomic E-state index is 10.3. The van der Waals surface area contributed by atoms with E-state index in [-0.39, 0.29) is 10.1 Å². The molecule has 14 heavy (non-hydrogen) atoms. The normalized spacial score (nSPS) is 11.5. The second-order valence-electron chi connectivity index (χ2n) is 2.43. The number of carboxylic acids is 1. The molecular formula is C9H5Cl3O2. The number of hydrogen-bond donors (Lipinski definition) is 1. The summed E-state index contributed by atoms with van der Waals surface area (Å²) in [6, 6.07) is 4.83. The quantitative estimate of drug-likeness (QED) is 0.815. The van der Waals surface area contributed by atoms with Crippen LogP contribution in [-0.4, -0.2) is 11.1 Å². The van der Waals surface area contributed by atoms with Gasteiger partial charge in [0.2, 0.25) is 0 Å². The van der Waals surface area contributed by atoms with Gasteiger partial charge in [-0.25, -0.2) is 4.79 Å². The van der Waals surface area contributed by atoms with Crippen LogP contribution in [0.3, 0.4) is 0 Å². The fraction of sp³-hybridized carbons (Fsp3) is 0. The van der Waals surface area contributed by atoms with Gasteiger partial charge in [-0.15, -0.1) is 0 Å². The van der Waals surface area contributed by atoms with Crippen molar-refractivity contribution in [2.24, 2.45) is 0 Å². The molecule has 0 unspecified atom stereocenters. The first-order valence-electron chi connectivity index (χ1n) is 3.57. The molecule has 0 fully saturated rings. The van der Waals surface area contributed by atoms with Crippen LogP contribution in [0.5, 0.6) is 0 Å². The molecule has 1 rings (SSSR count). The summed E-state index contributed by atoms with van der Waals surface area (Å²) in [5, 5.41) is 9.10. The van der Waals surface area contributed by atoms with Crippen LogP contribution in [0.15, 0.2) is 24.3 Å². The van der Waals surface area contributed by atoms with Crippen LogP contribution in [0.4, 0.5) is 0 Å². The van der Waals surface area contributed by atoms with Gasteiger partial charge in [0.05, 0.1) is 15.1 Å². The number of aliphatic carboxylic acids is 1. The summed E-state index contributed by atoms with van der Waals surface area (Å²) >= 11 is 17.3. The summed E-state index contributed by atoms with van der Waals surface area (Å²) in [7, 11) is 0. The van der Waals surface area contributed by atoms with Crippen molar-refractivity contribution in [3.63, 3.8) is 0 Å². The van der Waals surface area contributed by atoms with E-state index < -0.39 is 5.97 Å². The van der Waals surface area contributed by atoms with Crippen LogP contribution >= 0.6 is 34.8 Å². The van der Waals surface area contributed by atoms with E-state index in [4.69, 9.17) is 39.9 Å². The van der Waals surface area contributed by atoms with Crippen molar-refractivity contribution in [1.82, 2.24) is 0 Å². The van der Waals surface area contributed by atoms with E-state index in [1.807, 2.05) is 0 Å². The highest BCUT2D eigenvalue weighted by atomic mass is 35.5. The maximum atomic E-state index is 10.3. The van der Waals surface area contributed by atoms with Crippen molar-refractivity contribution in [1.29, 1.82) is 0 Å². The van der Waals surface area contributed by atoms with Crippen molar-refractivity contribution in [2.75, 3.05) is 0 Å². The van der Waals surface area contributed by atoms with Crippen LogP contribution in [0.2, 0.25) is 10.0 Å². The van der Waals surface area contributed by atoms with E-state index in [2.05, 4.69) is 0 Å². The van der Waals surface area contributed by atoms with Crippen molar-refractivity contribution in [3.05, 3.63) is 39.9 Å². The number of benzene rings is 1. The fourth-order valence-electron chi connectivity index (χ4n) is 0.874. The second-order valence-corrected chi connectivity index (χ2v) is 3.62. The molecule has 0 bridgehead atoms. The monoisotopic (exact) mass is 250 g/mol. The Morgan fingerprint density at radius 3 is 2.57 bits per heavy atom. The molecule has 0 amide bonds. The van der Waals surface area contributed by atoms with Crippen LogP contribution in [0.25, 0.3) is 5.03 Å². The van der Waals surface area contributed by atoms with Crippen LogP contribution in [-0.2, 0) is 4.79 Å². The molecule has 0 aliphatic carbocycles. The van der Waals surface area contributed by atoms with Gasteiger partial charge < -0.3 is 5.11 Å². The minimum absolute atomic E-state index is 0.0463. The van der Waals surface area contributed by atoms with Crippen LogP contribution in [0, 0.1) is 0 Å². The van der Waals surface area contributed by atoms with Gasteiger partial charge in [-0.1, -0.05) is 46.9 Å². The Kier molecular flexibility index (Phi) is 3.81. The van der Waals surface area contributed by atoms with E-state index in [1.54, 1.807) is 18.2 Å². The smallest absolute Gasteiger partial charge is 0.329 e. The number of carboxylic acid groups (broad SMARTS) is 1.